The van der Waals surface area contributed by atoms with Gasteiger partial charge in [-0.1, -0.05) is 25.1 Å². The summed E-state index contributed by atoms with van der Waals surface area (Å²) in [5, 5.41) is 2.96. The van der Waals surface area contributed by atoms with E-state index in [1.807, 2.05) is 6.92 Å². The minimum absolute atomic E-state index is 0.197. The normalized spacial score (nSPS) is 12.5. The molecule has 5 nitrogen and oxygen atoms in total. The second-order valence-electron chi connectivity index (χ2n) is 5.51. The van der Waals surface area contributed by atoms with Crippen LogP contribution in [0.25, 0.3) is 0 Å². The van der Waals surface area contributed by atoms with Gasteiger partial charge >= 0.3 is 0 Å². The van der Waals surface area contributed by atoms with Gasteiger partial charge in [-0.05, 0) is 42.3 Å². The molecule has 6 heteroatoms. The largest absolute Gasteiger partial charge is 0.497 e. The van der Waals surface area contributed by atoms with E-state index in [1.165, 1.54) is 6.26 Å². The fourth-order valence-electron chi connectivity index (χ4n) is 2.37. The Balaban J connectivity index is 2.18. The van der Waals surface area contributed by atoms with Gasteiger partial charge in [-0.15, -0.1) is 0 Å². The van der Waals surface area contributed by atoms with Gasteiger partial charge in [0, 0.05) is 11.8 Å². The number of methoxy groups -OCH3 is 1. The number of ether oxygens (including phenoxy) is 1. The molecule has 0 aliphatic rings. The van der Waals surface area contributed by atoms with Crippen LogP contribution in [0.4, 0.5) is 0 Å². The topological polar surface area (TPSA) is 72.5 Å². The summed E-state index contributed by atoms with van der Waals surface area (Å²) in [6, 6.07) is 13.3. The molecule has 0 fully saturated rings. The first kappa shape index (κ1) is 18.0. The Kier molecular flexibility index (Phi) is 5.62. The van der Waals surface area contributed by atoms with Gasteiger partial charge in [-0.3, -0.25) is 4.79 Å². The fourth-order valence-corrected chi connectivity index (χ4v) is 3.00. The molecule has 0 bridgehead atoms. The van der Waals surface area contributed by atoms with Crippen molar-refractivity contribution in [3.8, 4) is 5.75 Å². The predicted molar refractivity (Wildman–Crippen MR) is 93.0 cm³/mol. The summed E-state index contributed by atoms with van der Waals surface area (Å²) in [4.78, 5) is 12.7. The lowest BCUT2D eigenvalue weighted by Gasteiger charge is -2.18. The predicted octanol–water partition coefficient (Wildman–Crippen LogP) is 2.98. The molecule has 2 aromatic carbocycles. The fraction of sp³-hybridized carbons (Fsp3) is 0.278. The molecule has 0 aliphatic carbocycles. The van der Waals surface area contributed by atoms with Crippen LogP contribution in [-0.2, 0) is 9.84 Å². The summed E-state index contributed by atoms with van der Waals surface area (Å²) in [6.07, 6.45) is 1.86. The Morgan fingerprint density at radius 3 is 2.38 bits per heavy atom. The first-order chi connectivity index (χ1) is 11.3. The van der Waals surface area contributed by atoms with Gasteiger partial charge in [0.15, 0.2) is 9.84 Å². The molecule has 24 heavy (non-hydrogen) atoms. The Labute approximate surface area is 142 Å². The number of amides is 1. The third-order valence-electron chi connectivity index (χ3n) is 3.76. The van der Waals surface area contributed by atoms with E-state index in [0.29, 0.717) is 17.7 Å². The van der Waals surface area contributed by atoms with Crippen molar-refractivity contribution in [3.63, 3.8) is 0 Å². The minimum atomic E-state index is -3.23. The second kappa shape index (κ2) is 7.49. The Bertz CT molecular complexity index is 813. The molecule has 0 aliphatic heterocycles. The standard InChI is InChI=1S/C18H21NO4S/c1-4-17(13-8-10-16(11-9-13)24(3,21)22)19-18(20)14-6-5-7-15(12-14)23-2/h5-12,17H,4H2,1-3H3,(H,19,20). The molecular formula is C18H21NO4S. The molecule has 0 heterocycles. The number of hydrogen-bond acceptors (Lipinski definition) is 4. The lowest BCUT2D eigenvalue weighted by atomic mass is 10.0. The van der Waals surface area contributed by atoms with Crippen molar-refractivity contribution in [2.24, 2.45) is 0 Å². The number of nitrogens with one attached hydrogen (secondary N) is 1. The number of rotatable bonds is 6. The maximum absolute atomic E-state index is 12.4. The first-order valence-electron chi connectivity index (χ1n) is 7.60. The summed E-state index contributed by atoms with van der Waals surface area (Å²) in [7, 11) is -1.68. The molecule has 0 saturated carbocycles. The molecule has 1 amide bonds. The van der Waals surface area contributed by atoms with E-state index >= 15 is 0 Å². The molecule has 0 spiro atoms. The smallest absolute Gasteiger partial charge is 0.251 e. The molecule has 1 unspecified atom stereocenters. The van der Waals surface area contributed by atoms with Crippen LogP contribution >= 0.6 is 0 Å². The van der Waals surface area contributed by atoms with Gasteiger partial charge in [-0.25, -0.2) is 8.42 Å². The maximum Gasteiger partial charge on any atom is 0.251 e. The Morgan fingerprint density at radius 1 is 1.17 bits per heavy atom. The van der Waals surface area contributed by atoms with E-state index in [4.69, 9.17) is 4.74 Å². The van der Waals surface area contributed by atoms with Crippen LogP contribution < -0.4 is 10.1 Å². The Hall–Kier alpha value is -2.34. The van der Waals surface area contributed by atoms with Crippen LogP contribution in [0.1, 0.15) is 35.3 Å². The van der Waals surface area contributed by atoms with E-state index < -0.39 is 9.84 Å². The van der Waals surface area contributed by atoms with Crippen LogP contribution in [0, 0.1) is 0 Å². The number of carbonyl (C=O) groups excluding carboxylic acids is 1. The lowest BCUT2D eigenvalue weighted by molar-refractivity contribution is 0.0935. The highest BCUT2D eigenvalue weighted by Gasteiger charge is 2.15. The van der Waals surface area contributed by atoms with Gasteiger partial charge in [0.25, 0.3) is 5.91 Å². The molecule has 1 atom stereocenters. The molecule has 128 valence electrons. The molecule has 0 radical (unpaired) electrons. The summed E-state index contributed by atoms with van der Waals surface area (Å²) in [5.41, 5.74) is 1.38. The van der Waals surface area contributed by atoms with Crippen molar-refractivity contribution in [2.75, 3.05) is 13.4 Å². The van der Waals surface area contributed by atoms with Crippen molar-refractivity contribution < 1.29 is 17.9 Å². The summed E-state index contributed by atoms with van der Waals surface area (Å²) in [5.74, 6) is 0.418. The highest BCUT2D eigenvalue weighted by molar-refractivity contribution is 7.90. The van der Waals surface area contributed by atoms with E-state index in [1.54, 1.807) is 55.6 Å². The molecule has 2 aromatic rings. The molecule has 0 saturated heterocycles. The third-order valence-corrected chi connectivity index (χ3v) is 4.88. The summed E-state index contributed by atoms with van der Waals surface area (Å²) < 4.78 is 28.2. The van der Waals surface area contributed by atoms with Crippen molar-refractivity contribution >= 4 is 15.7 Å². The minimum Gasteiger partial charge on any atom is -0.497 e. The molecular weight excluding hydrogens is 326 g/mol. The number of carbonyl (C=O) groups is 1. The van der Waals surface area contributed by atoms with Crippen LogP contribution in [0.5, 0.6) is 5.75 Å². The molecule has 1 N–H and O–H groups in total. The van der Waals surface area contributed by atoms with Gasteiger partial charge in [0.1, 0.15) is 5.75 Å². The zero-order valence-electron chi connectivity index (χ0n) is 13.9. The summed E-state index contributed by atoms with van der Waals surface area (Å²) in [6.45, 7) is 1.96. The van der Waals surface area contributed by atoms with Crippen molar-refractivity contribution in [1.29, 1.82) is 0 Å². The monoisotopic (exact) mass is 347 g/mol. The van der Waals surface area contributed by atoms with Crippen LogP contribution in [-0.4, -0.2) is 27.7 Å². The molecule has 2 rings (SSSR count). The number of hydrogen-bond donors (Lipinski definition) is 1. The maximum atomic E-state index is 12.4. The zero-order chi connectivity index (χ0) is 17.7. The van der Waals surface area contributed by atoms with Crippen LogP contribution in [0.15, 0.2) is 53.4 Å². The van der Waals surface area contributed by atoms with E-state index in [0.717, 1.165) is 5.56 Å². The highest BCUT2D eigenvalue weighted by Crippen LogP contribution is 2.20. The lowest BCUT2D eigenvalue weighted by Crippen LogP contribution is -2.28. The van der Waals surface area contributed by atoms with E-state index in [2.05, 4.69) is 5.32 Å². The SMILES string of the molecule is CCC(NC(=O)c1cccc(OC)c1)c1ccc(S(C)(=O)=O)cc1. The number of benzene rings is 2. The van der Waals surface area contributed by atoms with Gasteiger partial charge in [0.05, 0.1) is 18.0 Å². The van der Waals surface area contributed by atoms with Crippen molar-refractivity contribution in [3.05, 3.63) is 59.7 Å². The van der Waals surface area contributed by atoms with E-state index in [-0.39, 0.29) is 16.8 Å². The van der Waals surface area contributed by atoms with Crippen LogP contribution in [0.3, 0.4) is 0 Å². The number of sulfone groups is 1. The quantitative estimate of drug-likeness (QED) is 0.872. The van der Waals surface area contributed by atoms with E-state index in [9.17, 15) is 13.2 Å². The second-order valence-corrected chi connectivity index (χ2v) is 7.52. The van der Waals surface area contributed by atoms with Gasteiger partial charge < -0.3 is 10.1 Å². The highest BCUT2D eigenvalue weighted by atomic mass is 32.2. The molecule has 0 aromatic heterocycles. The third kappa shape index (κ3) is 4.35. The van der Waals surface area contributed by atoms with Crippen molar-refractivity contribution in [2.45, 2.75) is 24.3 Å². The Morgan fingerprint density at radius 2 is 1.83 bits per heavy atom. The van der Waals surface area contributed by atoms with Gasteiger partial charge in [0.2, 0.25) is 0 Å². The van der Waals surface area contributed by atoms with Crippen LogP contribution in [0.2, 0.25) is 0 Å². The summed E-state index contributed by atoms with van der Waals surface area (Å²) >= 11 is 0. The first-order valence-corrected chi connectivity index (χ1v) is 9.49. The average molecular weight is 347 g/mol. The average Bonchev–Trinajstić information content (AvgIpc) is 2.59. The van der Waals surface area contributed by atoms with Gasteiger partial charge in [-0.2, -0.15) is 0 Å². The van der Waals surface area contributed by atoms with Crippen molar-refractivity contribution in [1.82, 2.24) is 5.32 Å². The zero-order valence-corrected chi connectivity index (χ0v) is 14.8.